The van der Waals surface area contributed by atoms with E-state index in [4.69, 9.17) is 9.15 Å². The van der Waals surface area contributed by atoms with Crippen molar-refractivity contribution in [1.29, 1.82) is 0 Å². The molecule has 0 aliphatic carbocycles. The van der Waals surface area contributed by atoms with Crippen molar-refractivity contribution in [2.24, 2.45) is 0 Å². The van der Waals surface area contributed by atoms with Crippen molar-refractivity contribution < 1.29 is 22.7 Å². The summed E-state index contributed by atoms with van der Waals surface area (Å²) in [4.78, 5) is 28.4. The SMILES string of the molecule is CN(C)C(=O)Nc1cc(CNc2cc(F)cc(F)c2)c2oc(N3CCOCC3)cc(=O)c2c1. The molecule has 2 amide bonds. The van der Waals surface area contributed by atoms with Gasteiger partial charge in [-0.15, -0.1) is 0 Å². The molecule has 1 aliphatic rings. The van der Waals surface area contributed by atoms with Crippen molar-refractivity contribution >= 4 is 34.3 Å². The first-order chi connectivity index (χ1) is 15.8. The van der Waals surface area contributed by atoms with Gasteiger partial charge in [-0.2, -0.15) is 0 Å². The first-order valence-corrected chi connectivity index (χ1v) is 10.4. The second-order valence-electron chi connectivity index (χ2n) is 7.90. The van der Waals surface area contributed by atoms with Gasteiger partial charge in [0.1, 0.15) is 17.2 Å². The molecule has 4 rings (SSSR count). The number of fused-ring (bicyclic) bond motifs is 1. The molecule has 1 aliphatic heterocycles. The highest BCUT2D eigenvalue weighted by atomic mass is 19.1. The molecule has 0 radical (unpaired) electrons. The fourth-order valence-electron chi connectivity index (χ4n) is 3.55. The molecular weight excluding hydrogens is 434 g/mol. The molecule has 0 unspecified atom stereocenters. The zero-order valence-electron chi connectivity index (χ0n) is 18.3. The van der Waals surface area contributed by atoms with Crippen molar-refractivity contribution in [2.45, 2.75) is 6.54 Å². The Morgan fingerprint density at radius 3 is 2.39 bits per heavy atom. The topological polar surface area (TPSA) is 87.1 Å². The summed E-state index contributed by atoms with van der Waals surface area (Å²) in [6.45, 7) is 2.32. The molecule has 1 saturated heterocycles. The number of ether oxygens (including phenoxy) is 1. The summed E-state index contributed by atoms with van der Waals surface area (Å²) in [7, 11) is 3.20. The third kappa shape index (κ3) is 5.23. The van der Waals surface area contributed by atoms with Gasteiger partial charge >= 0.3 is 6.03 Å². The van der Waals surface area contributed by atoms with Crippen molar-refractivity contribution in [3.8, 4) is 0 Å². The number of halogens is 2. The maximum atomic E-state index is 13.6. The molecule has 8 nitrogen and oxygen atoms in total. The summed E-state index contributed by atoms with van der Waals surface area (Å²) < 4.78 is 38.7. The molecule has 0 bridgehead atoms. The Labute approximate surface area is 188 Å². The van der Waals surface area contributed by atoms with Gasteiger partial charge in [-0.25, -0.2) is 13.6 Å². The number of hydrogen-bond acceptors (Lipinski definition) is 6. The van der Waals surface area contributed by atoms with Crippen LogP contribution in [0.3, 0.4) is 0 Å². The van der Waals surface area contributed by atoms with Crippen LogP contribution in [0, 0.1) is 11.6 Å². The maximum Gasteiger partial charge on any atom is 0.321 e. The highest BCUT2D eigenvalue weighted by Gasteiger charge is 2.18. The lowest BCUT2D eigenvalue weighted by Crippen LogP contribution is -2.36. The van der Waals surface area contributed by atoms with Crippen molar-refractivity contribution in [2.75, 3.05) is 55.9 Å². The Kier molecular flexibility index (Phi) is 6.45. The van der Waals surface area contributed by atoms with E-state index in [0.717, 1.165) is 18.2 Å². The van der Waals surface area contributed by atoms with Gasteiger partial charge in [0, 0.05) is 62.8 Å². The summed E-state index contributed by atoms with van der Waals surface area (Å²) in [5.74, 6) is -1.01. The molecule has 0 spiro atoms. The lowest BCUT2D eigenvalue weighted by molar-refractivity contribution is 0.121. The van der Waals surface area contributed by atoms with Gasteiger partial charge in [-0.05, 0) is 24.3 Å². The molecule has 2 aromatic carbocycles. The molecule has 1 aromatic heterocycles. The van der Waals surface area contributed by atoms with Crippen LogP contribution in [0.25, 0.3) is 11.0 Å². The van der Waals surface area contributed by atoms with Crippen LogP contribution in [0.2, 0.25) is 0 Å². The van der Waals surface area contributed by atoms with Crippen molar-refractivity contribution in [3.63, 3.8) is 0 Å². The number of carbonyl (C=O) groups is 1. The minimum Gasteiger partial charge on any atom is -0.440 e. The quantitative estimate of drug-likeness (QED) is 0.608. The average molecular weight is 458 g/mol. The number of nitrogens with one attached hydrogen (secondary N) is 2. The highest BCUT2D eigenvalue weighted by molar-refractivity contribution is 5.93. The van der Waals surface area contributed by atoms with Gasteiger partial charge in [0.25, 0.3) is 0 Å². The van der Waals surface area contributed by atoms with Crippen molar-refractivity contribution in [1.82, 2.24) is 4.90 Å². The van der Waals surface area contributed by atoms with Gasteiger partial charge in [-0.3, -0.25) is 4.79 Å². The first kappa shape index (κ1) is 22.5. The standard InChI is InChI=1S/C23H24F2N4O4/c1-28(2)23(31)27-18-7-14(13-26-17-9-15(24)8-16(25)10-17)22-19(11-18)20(30)12-21(33-22)29-3-5-32-6-4-29/h7-12,26H,3-6,13H2,1-2H3,(H,27,31). The number of anilines is 3. The Hall–Kier alpha value is -3.66. The number of morpholine rings is 1. The van der Waals surface area contributed by atoms with Gasteiger partial charge in [0.15, 0.2) is 11.3 Å². The minimum atomic E-state index is -0.713. The number of hydrogen-bond donors (Lipinski definition) is 2. The first-order valence-electron chi connectivity index (χ1n) is 10.4. The van der Waals surface area contributed by atoms with E-state index in [1.54, 1.807) is 26.2 Å². The molecule has 0 atom stereocenters. The number of nitrogens with zero attached hydrogens (tertiary/aromatic N) is 2. The lowest BCUT2D eigenvalue weighted by atomic mass is 10.1. The molecule has 1 fully saturated rings. The van der Waals surface area contributed by atoms with Gasteiger partial charge in [-0.1, -0.05) is 0 Å². The van der Waals surface area contributed by atoms with Crippen LogP contribution in [-0.2, 0) is 11.3 Å². The van der Waals surface area contributed by atoms with Gasteiger partial charge < -0.3 is 29.6 Å². The van der Waals surface area contributed by atoms with Crippen LogP contribution in [-0.4, -0.2) is 51.3 Å². The second kappa shape index (κ2) is 9.45. The third-order valence-electron chi connectivity index (χ3n) is 5.22. The summed E-state index contributed by atoms with van der Waals surface area (Å²) in [6, 6.07) is 7.39. The predicted octanol–water partition coefficient (Wildman–Crippen LogP) is 3.61. The third-order valence-corrected chi connectivity index (χ3v) is 5.22. The van der Waals surface area contributed by atoms with E-state index in [-0.39, 0.29) is 29.1 Å². The van der Waals surface area contributed by atoms with Crippen LogP contribution in [0.5, 0.6) is 0 Å². The monoisotopic (exact) mass is 458 g/mol. The van der Waals surface area contributed by atoms with Crippen LogP contribution < -0.4 is 21.0 Å². The second-order valence-corrected chi connectivity index (χ2v) is 7.90. The number of benzene rings is 2. The van der Waals surface area contributed by atoms with Crippen molar-refractivity contribution in [3.05, 3.63) is 63.8 Å². The van der Waals surface area contributed by atoms with Gasteiger partial charge in [0.05, 0.1) is 18.6 Å². The summed E-state index contributed by atoms with van der Waals surface area (Å²) >= 11 is 0. The van der Waals surface area contributed by atoms with Crippen LogP contribution >= 0.6 is 0 Å². The molecule has 10 heteroatoms. The average Bonchev–Trinajstić information content (AvgIpc) is 2.77. The molecular formula is C23H24F2N4O4. The van der Waals surface area contributed by atoms with Crippen LogP contribution in [0.1, 0.15) is 5.56 Å². The minimum absolute atomic E-state index is 0.0978. The fourth-order valence-corrected chi connectivity index (χ4v) is 3.55. The zero-order chi connectivity index (χ0) is 23.5. The Morgan fingerprint density at radius 1 is 1.03 bits per heavy atom. The summed E-state index contributed by atoms with van der Waals surface area (Å²) in [5, 5.41) is 5.97. The van der Waals surface area contributed by atoms with E-state index in [1.165, 1.54) is 11.0 Å². The Morgan fingerprint density at radius 2 is 1.73 bits per heavy atom. The van der Waals surface area contributed by atoms with Gasteiger partial charge in [0.2, 0.25) is 0 Å². The highest BCUT2D eigenvalue weighted by Crippen LogP contribution is 2.27. The molecule has 2 N–H and O–H groups in total. The lowest BCUT2D eigenvalue weighted by Gasteiger charge is -2.27. The molecule has 0 saturated carbocycles. The van der Waals surface area contributed by atoms with E-state index in [2.05, 4.69) is 10.6 Å². The number of rotatable bonds is 5. The largest absolute Gasteiger partial charge is 0.440 e. The van der Waals surface area contributed by atoms with E-state index in [1.807, 2.05) is 4.90 Å². The number of carbonyl (C=O) groups excluding carboxylic acids is 1. The fraction of sp³-hybridized carbons (Fsp3) is 0.304. The van der Waals surface area contributed by atoms with Crippen LogP contribution in [0.15, 0.2) is 45.6 Å². The van der Waals surface area contributed by atoms with Crippen LogP contribution in [0.4, 0.5) is 30.8 Å². The zero-order valence-corrected chi connectivity index (χ0v) is 18.3. The number of urea groups is 1. The molecule has 3 aromatic rings. The smallest absolute Gasteiger partial charge is 0.321 e. The molecule has 2 heterocycles. The van der Waals surface area contributed by atoms with E-state index in [9.17, 15) is 18.4 Å². The molecule has 174 valence electrons. The predicted molar refractivity (Wildman–Crippen MR) is 122 cm³/mol. The van der Waals surface area contributed by atoms with E-state index in [0.29, 0.717) is 49.0 Å². The summed E-state index contributed by atoms with van der Waals surface area (Å²) in [5.41, 5.74) is 1.23. The maximum absolute atomic E-state index is 13.6. The number of amides is 2. The van der Waals surface area contributed by atoms with E-state index < -0.39 is 11.6 Å². The Balaban J connectivity index is 1.75. The summed E-state index contributed by atoms with van der Waals surface area (Å²) in [6.07, 6.45) is 0. The normalized spacial score (nSPS) is 13.8. The van der Waals surface area contributed by atoms with E-state index >= 15 is 0 Å². The Bertz CT molecular complexity index is 1220. The molecule has 33 heavy (non-hydrogen) atoms.